The lowest BCUT2D eigenvalue weighted by Crippen LogP contribution is -1.87. The number of aryl methyl sites for hydroxylation is 1. The van der Waals surface area contributed by atoms with E-state index in [0.29, 0.717) is 23.0 Å². The Balaban J connectivity index is 2.02. The topological polar surface area (TPSA) is 64.9 Å². The molecule has 0 atom stereocenters. The van der Waals surface area contributed by atoms with Crippen molar-refractivity contribution in [2.24, 2.45) is 0 Å². The van der Waals surface area contributed by atoms with Crippen LogP contribution in [0.3, 0.4) is 0 Å². The van der Waals surface area contributed by atoms with Gasteiger partial charge in [-0.15, -0.1) is 0 Å². The molecule has 2 N–H and O–H groups in total. The van der Waals surface area contributed by atoms with Gasteiger partial charge in [0.05, 0.1) is 0 Å². The number of anilines is 1. The molecule has 0 aliphatic heterocycles. The van der Waals surface area contributed by atoms with Gasteiger partial charge in [0, 0.05) is 16.8 Å². The van der Waals surface area contributed by atoms with Crippen molar-refractivity contribution in [3.8, 4) is 22.8 Å². The van der Waals surface area contributed by atoms with E-state index in [-0.39, 0.29) is 5.82 Å². The molecule has 4 nitrogen and oxygen atoms in total. The van der Waals surface area contributed by atoms with E-state index in [2.05, 4.69) is 10.1 Å². The first-order chi connectivity index (χ1) is 9.63. The molecule has 0 aliphatic carbocycles. The van der Waals surface area contributed by atoms with Gasteiger partial charge in [0.15, 0.2) is 0 Å². The molecule has 0 bridgehead atoms. The van der Waals surface area contributed by atoms with Gasteiger partial charge < -0.3 is 10.3 Å². The minimum atomic E-state index is -0.290. The molecule has 100 valence electrons. The van der Waals surface area contributed by atoms with Crippen LogP contribution in [0.4, 0.5) is 10.1 Å². The van der Waals surface area contributed by atoms with E-state index in [1.165, 1.54) is 12.1 Å². The molecule has 0 fully saturated rings. The van der Waals surface area contributed by atoms with Crippen molar-refractivity contribution >= 4 is 5.69 Å². The molecule has 1 aromatic heterocycles. The average molecular weight is 269 g/mol. The van der Waals surface area contributed by atoms with Crippen molar-refractivity contribution in [1.29, 1.82) is 0 Å². The SMILES string of the molecule is Cc1cc(F)ccc1-c1nc(-c2cccc(N)c2)no1. The second-order valence-electron chi connectivity index (χ2n) is 4.51. The molecule has 0 spiro atoms. The molecule has 3 aromatic rings. The normalized spacial score (nSPS) is 10.7. The Kier molecular flexibility index (Phi) is 2.95. The summed E-state index contributed by atoms with van der Waals surface area (Å²) in [6, 6.07) is 11.7. The Bertz CT molecular complexity index is 767. The highest BCUT2D eigenvalue weighted by Gasteiger charge is 2.13. The van der Waals surface area contributed by atoms with Gasteiger partial charge in [-0.2, -0.15) is 4.98 Å². The van der Waals surface area contributed by atoms with Crippen molar-refractivity contribution < 1.29 is 8.91 Å². The summed E-state index contributed by atoms with van der Waals surface area (Å²) in [5, 5.41) is 3.93. The van der Waals surface area contributed by atoms with E-state index in [4.69, 9.17) is 10.3 Å². The fourth-order valence-corrected chi connectivity index (χ4v) is 1.99. The summed E-state index contributed by atoms with van der Waals surface area (Å²) in [5.74, 6) is 0.526. The van der Waals surface area contributed by atoms with Crippen molar-refractivity contribution in [2.75, 3.05) is 5.73 Å². The molecular weight excluding hydrogens is 257 g/mol. The lowest BCUT2D eigenvalue weighted by Gasteiger charge is -1.99. The lowest BCUT2D eigenvalue weighted by atomic mass is 10.1. The van der Waals surface area contributed by atoms with E-state index in [1.807, 2.05) is 12.1 Å². The minimum Gasteiger partial charge on any atom is -0.399 e. The van der Waals surface area contributed by atoms with Gasteiger partial charge in [-0.25, -0.2) is 4.39 Å². The molecule has 0 radical (unpaired) electrons. The van der Waals surface area contributed by atoms with Crippen LogP contribution in [0.2, 0.25) is 0 Å². The zero-order chi connectivity index (χ0) is 14.1. The van der Waals surface area contributed by atoms with E-state index in [9.17, 15) is 4.39 Å². The maximum Gasteiger partial charge on any atom is 0.258 e. The zero-order valence-corrected chi connectivity index (χ0v) is 10.8. The third-order valence-corrected chi connectivity index (χ3v) is 2.99. The summed E-state index contributed by atoms with van der Waals surface area (Å²) in [7, 11) is 0. The first kappa shape index (κ1) is 12.3. The molecule has 20 heavy (non-hydrogen) atoms. The molecule has 0 saturated carbocycles. The quantitative estimate of drug-likeness (QED) is 0.724. The van der Waals surface area contributed by atoms with Gasteiger partial charge >= 0.3 is 0 Å². The maximum absolute atomic E-state index is 13.1. The van der Waals surface area contributed by atoms with Crippen molar-refractivity contribution in [3.05, 3.63) is 53.8 Å². The van der Waals surface area contributed by atoms with E-state index < -0.39 is 0 Å². The van der Waals surface area contributed by atoms with E-state index >= 15 is 0 Å². The van der Waals surface area contributed by atoms with Crippen LogP contribution < -0.4 is 5.73 Å². The van der Waals surface area contributed by atoms with Gasteiger partial charge in [0.25, 0.3) is 5.89 Å². The second kappa shape index (κ2) is 4.77. The number of hydrogen-bond donors (Lipinski definition) is 1. The Morgan fingerprint density at radius 2 is 2.00 bits per heavy atom. The predicted molar refractivity (Wildman–Crippen MR) is 74.3 cm³/mol. The highest BCUT2D eigenvalue weighted by molar-refractivity contribution is 5.64. The summed E-state index contributed by atoms with van der Waals surface area (Å²) in [6.07, 6.45) is 0. The van der Waals surface area contributed by atoms with Crippen molar-refractivity contribution in [1.82, 2.24) is 10.1 Å². The Hall–Kier alpha value is -2.69. The number of halogens is 1. The highest BCUT2D eigenvalue weighted by atomic mass is 19.1. The van der Waals surface area contributed by atoms with E-state index in [1.54, 1.807) is 25.1 Å². The van der Waals surface area contributed by atoms with Gasteiger partial charge in [-0.1, -0.05) is 17.3 Å². The number of nitrogens with two attached hydrogens (primary N) is 1. The first-order valence-electron chi connectivity index (χ1n) is 6.09. The second-order valence-corrected chi connectivity index (χ2v) is 4.51. The largest absolute Gasteiger partial charge is 0.399 e. The van der Waals surface area contributed by atoms with Crippen LogP contribution in [-0.2, 0) is 0 Å². The molecule has 5 heteroatoms. The Morgan fingerprint density at radius 3 is 2.75 bits per heavy atom. The highest BCUT2D eigenvalue weighted by Crippen LogP contribution is 2.25. The zero-order valence-electron chi connectivity index (χ0n) is 10.8. The maximum atomic E-state index is 13.1. The van der Waals surface area contributed by atoms with Crippen molar-refractivity contribution in [2.45, 2.75) is 6.92 Å². The monoisotopic (exact) mass is 269 g/mol. The Morgan fingerprint density at radius 1 is 1.15 bits per heavy atom. The third kappa shape index (κ3) is 2.25. The third-order valence-electron chi connectivity index (χ3n) is 2.99. The summed E-state index contributed by atoms with van der Waals surface area (Å²) in [5.41, 5.74) is 8.60. The molecule has 2 aromatic carbocycles. The molecule has 0 unspecified atom stereocenters. The molecule has 1 heterocycles. The summed E-state index contributed by atoms with van der Waals surface area (Å²) in [6.45, 7) is 1.79. The van der Waals surface area contributed by atoms with Crippen LogP contribution in [0.15, 0.2) is 47.0 Å². The number of aromatic nitrogens is 2. The van der Waals surface area contributed by atoms with Gasteiger partial charge in [0.2, 0.25) is 5.82 Å². The minimum absolute atomic E-state index is 0.290. The van der Waals surface area contributed by atoms with Crippen LogP contribution in [0, 0.1) is 12.7 Å². The van der Waals surface area contributed by atoms with Crippen LogP contribution in [-0.4, -0.2) is 10.1 Å². The van der Waals surface area contributed by atoms with E-state index in [0.717, 1.165) is 11.1 Å². The average Bonchev–Trinajstić information content (AvgIpc) is 2.88. The van der Waals surface area contributed by atoms with Crippen LogP contribution in [0.25, 0.3) is 22.8 Å². The van der Waals surface area contributed by atoms with Crippen LogP contribution in [0.5, 0.6) is 0 Å². The molecule has 3 rings (SSSR count). The fourth-order valence-electron chi connectivity index (χ4n) is 1.99. The standard InChI is InChI=1S/C15H12FN3O/c1-9-7-11(16)5-6-13(9)15-18-14(19-20-15)10-3-2-4-12(17)8-10/h2-8H,17H2,1H3. The number of hydrogen-bond acceptors (Lipinski definition) is 4. The molecule has 0 saturated heterocycles. The van der Waals surface area contributed by atoms with Crippen molar-refractivity contribution in [3.63, 3.8) is 0 Å². The van der Waals surface area contributed by atoms with Crippen LogP contribution >= 0.6 is 0 Å². The predicted octanol–water partition coefficient (Wildman–Crippen LogP) is 3.43. The van der Waals surface area contributed by atoms with Gasteiger partial charge in [-0.3, -0.25) is 0 Å². The number of benzene rings is 2. The van der Waals surface area contributed by atoms with Gasteiger partial charge in [0.1, 0.15) is 5.82 Å². The molecular formula is C15H12FN3O. The number of nitrogens with zero attached hydrogens (tertiary/aromatic N) is 2. The van der Waals surface area contributed by atoms with Crippen LogP contribution in [0.1, 0.15) is 5.56 Å². The lowest BCUT2D eigenvalue weighted by molar-refractivity contribution is 0.432. The molecule has 0 amide bonds. The summed E-state index contributed by atoms with van der Waals surface area (Å²) in [4.78, 5) is 4.33. The summed E-state index contributed by atoms with van der Waals surface area (Å²) >= 11 is 0. The number of rotatable bonds is 2. The fraction of sp³-hybridized carbons (Fsp3) is 0.0667. The van der Waals surface area contributed by atoms with Gasteiger partial charge in [-0.05, 0) is 42.8 Å². The number of nitrogen functional groups attached to an aromatic ring is 1. The molecule has 0 aliphatic rings. The first-order valence-corrected chi connectivity index (χ1v) is 6.09. The summed E-state index contributed by atoms with van der Waals surface area (Å²) < 4.78 is 18.3. The smallest absolute Gasteiger partial charge is 0.258 e. The Labute approximate surface area is 115 Å².